The molecule has 2 aromatic carbocycles. The fraction of sp³-hybridized carbons (Fsp3) is 0.273. The van der Waals surface area contributed by atoms with Gasteiger partial charge in [-0.2, -0.15) is 0 Å². The summed E-state index contributed by atoms with van der Waals surface area (Å²) in [6.07, 6.45) is 3.92. The van der Waals surface area contributed by atoms with Gasteiger partial charge in [-0.05, 0) is 36.6 Å². The summed E-state index contributed by atoms with van der Waals surface area (Å²) in [4.78, 5) is 26.3. The van der Waals surface area contributed by atoms with Crippen LogP contribution in [-0.2, 0) is 9.59 Å². The van der Waals surface area contributed by atoms with E-state index >= 15 is 0 Å². The quantitative estimate of drug-likeness (QED) is 0.903. The van der Waals surface area contributed by atoms with Gasteiger partial charge in [-0.15, -0.1) is 0 Å². The van der Waals surface area contributed by atoms with E-state index in [9.17, 15) is 9.59 Å². The Hall–Kier alpha value is -2.88. The number of benzene rings is 2. The van der Waals surface area contributed by atoms with E-state index in [4.69, 9.17) is 0 Å². The Morgan fingerprint density at radius 1 is 1.12 bits per heavy atom. The number of hydrogen-bond donors (Lipinski definition) is 1. The van der Waals surface area contributed by atoms with Crippen molar-refractivity contribution in [3.63, 3.8) is 0 Å². The van der Waals surface area contributed by atoms with Crippen LogP contribution >= 0.6 is 0 Å². The first-order chi connectivity index (χ1) is 12.5. The third-order valence-corrected chi connectivity index (χ3v) is 4.80. The molecule has 4 nitrogen and oxygen atoms in total. The normalized spacial score (nSPS) is 16.7. The summed E-state index contributed by atoms with van der Waals surface area (Å²) < 4.78 is 0. The van der Waals surface area contributed by atoms with Gasteiger partial charge in [-0.25, -0.2) is 0 Å². The molecule has 1 aliphatic rings. The summed E-state index contributed by atoms with van der Waals surface area (Å²) in [5.41, 5.74) is 4.31. The monoisotopic (exact) mass is 348 g/mol. The number of carbonyl (C=O) groups is 2. The largest absolute Gasteiger partial charge is 0.350 e. The fourth-order valence-electron chi connectivity index (χ4n) is 3.33. The molecule has 0 saturated heterocycles. The van der Waals surface area contributed by atoms with Crippen LogP contribution in [0.5, 0.6) is 0 Å². The molecule has 0 fully saturated rings. The van der Waals surface area contributed by atoms with Crippen LogP contribution in [-0.4, -0.2) is 16.7 Å². The molecule has 0 aromatic heterocycles. The zero-order chi connectivity index (χ0) is 18.7. The molecule has 0 spiro atoms. The molecular formula is C22H24N2O2. The molecule has 2 atom stereocenters. The lowest BCUT2D eigenvalue weighted by molar-refractivity contribution is -0.130. The Balaban J connectivity index is 1.75. The maximum Gasteiger partial charge on any atom is 0.223 e. The van der Waals surface area contributed by atoms with E-state index in [2.05, 4.69) is 5.32 Å². The topological polar surface area (TPSA) is 49.4 Å². The van der Waals surface area contributed by atoms with E-state index in [0.29, 0.717) is 0 Å². The number of hydrogen-bond acceptors (Lipinski definition) is 2. The molecule has 26 heavy (non-hydrogen) atoms. The predicted molar refractivity (Wildman–Crippen MR) is 103 cm³/mol. The zero-order valence-electron chi connectivity index (χ0n) is 15.4. The van der Waals surface area contributed by atoms with Crippen LogP contribution in [0.25, 0.3) is 6.08 Å². The van der Waals surface area contributed by atoms with E-state index in [-0.39, 0.29) is 30.3 Å². The first-order valence-corrected chi connectivity index (χ1v) is 8.87. The lowest BCUT2D eigenvalue weighted by Gasteiger charge is -2.32. The van der Waals surface area contributed by atoms with Crippen LogP contribution in [0.2, 0.25) is 0 Å². The number of amides is 2. The number of nitrogens with zero attached hydrogens (tertiary/aromatic N) is 1. The van der Waals surface area contributed by atoms with Crippen LogP contribution in [0, 0.1) is 6.92 Å². The second kappa shape index (κ2) is 7.56. The van der Waals surface area contributed by atoms with Crippen LogP contribution in [0.1, 0.15) is 54.6 Å². The van der Waals surface area contributed by atoms with Gasteiger partial charge in [0.1, 0.15) is 0 Å². The standard InChI is InChI=1S/C22H24N2O2/c1-15-8-10-18(11-9-15)16(2)23-22(26)14-21-20-7-5-4-6-19(20)12-13-24(21)17(3)25/h4-13,16,21H,14H2,1-3H3,(H,23,26). The van der Waals surface area contributed by atoms with Gasteiger partial charge in [0.15, 0.2) is 0 Å². The summed E-state index contributed by atoms with van der Waals surface area (Å²) in [6.45, 7) is 5.54. The van der Waals surface area contributed by atoms with Gasteiger partial charge in [-0.3, -0.25) is 9.59 Å². The Morgan fingerprint density at radius 2 is 1.81 bits per heavy atom. The minimum atomic E-state index is -0.279. The summed E-state index contributed by atoms with van der Waals surface area (Å²) in [7, 11) is 0. The molecule has 1 N–H and O–H groups in total. The van der Waals surface area contributed by atoms with E-state index in [1.54, 1.807) is 11.1 Å². The second-order valence-corrected chi connectivity index (χ2v) is 6.79. The van der Waals surface area contributed by atoms with Crippen LogP contribution in [0.3, 0.4) is 0 Å². The van der Waals surface area contributed by atoms with Crippen molar-refractivity contribution in [2.24, 2.45) is 0 Å². The molecule has 0 aliphatic carbocycles. The van der Waals surface area contributed by atoms with Gasteiger partial charge >= 0.3 is 0 Å². The summed E-state index contributed by atoms with van der Waals surface area (Å²) in [6, 6.07) is 15.7. The maximum absolute atomic E-state index is 12.7. The zero-order valence-corrected chi connectivity index (χ0v) is 15.4. The summed E-state index contributed by atoms with van der Waals surface area (Å²) in [5, 5.41) is 3.05. The summed E-state index contributed by atoms with van der Waals surface area (Å²) >= 11 is 0. The van der Waals surface area contributed by atoms with Crippen LogP contribution in [0.4, 0.5) is 0 Å². The Kier molecular flexibility index (Phi) is 5.21. The lowest BCUT2D eigenvalue weighted by Crippen LogP contribution is -2.36. The van der Waals surface area contributed by atoms with E-state index in [0.717, 1.165) is 16.7 Å². The van der Waals surface area contributed by atoms with Crippen molar-refractivity contribution in [3.05, 3.63) is 77.0 Å². The Morgan fingerprint density at radius 3 is 2.50 bits per heavy atom. The van der Waals surface area contributed by atoms with E-state index < -0.39 is 0 Å². The Bertz CT molecular complexity index is 839. The number of nitrogens with one attached hydrogen (secondary N) is 1. The molecule has 3 rings (SSSR count). The molecule has 1 aliphatic heterocycles. The fourth-order valence-corrected chi connectivity index (χ4v) is 3.33. The van der Waals surface area contributed by atoms with E-state index in [1.165, 1.54) is 12.5 Å². The SMILES string of the molecule is CC(=O)N1C=Cc2ccccc2C1CC(=O)NC(C)c1ccc(C)cc1. The van der Waals surface area contributed by atoms with Gasteiger partial charge in [0, 0.05) is 13.1 Å². The van der Waals surface area contributed by atoms with Crippen LogP contribution < -0.4 is 5.32 Å². The average molecular weight is 348 g/mol. The molecule has 0 saturated carbocycles. The number of fused-ring (bicyclic) bond motifs is 1. The molecule has 2 amide bonds. The van der Waals surface area contributed by atoms with Gasteiger partial charge < -0.3 is 10.2 Å². The predicted octanol–water partition coefficient (Wildman–Crippen LogP) is 4.14. The molecule has 1 heterocycles. The first-order valence-electron chi connectivity index (χ1n) is 8.87. The van der Waals surface area contributed by atoms with Crippen LogP contribution in [0.15, 0.2) is 54.7 Å². The van der Waals surface area contributed by atoms with Crippen molar-refractivity contribution in [2.75, 3.05) is 0 Å². The van der Waals surface area contributed by atoms with Crippen molar-refractivity contribution in [1.29, 1.82) is 0 Å². The van der Waals surface area contributed by atoms with Crippen molar-refractivity contribution < 1.29 is 9.59 Å². The highest BCUT2D eigenvalue weighted by Crippen LogP contribution is 2.33. The number of rotatable bonds is 4. The molecule has 2 unspecified atom stereocenters. The average Bonchev–Trinajstić information content (AvgIpc) is 2.62. The molecular weight excluding hydrogens is 324 g/mol. The molecule has 134 valence electrons. The summed E-state index contributed by atoms with van der Waals surface area (Å²) in [5.74, 6) is -0.139. The highest BCUT2D eigenvalue weighted by Gasteiger charge is 2.28. The number of carbonyl (C=O) groups excluding carboxylic acids is 2. The minimum Gasteiger partial charge on any atom is -0.350 e. The molecule has 4 heteroatoms. The third-order valence-electron chi connectivity index (χ3n) is 4.80. The highest BCUT2D eigenvalue weighted by molar-refractivity contribution is 5.82. The number of aryl methyl sites for hydroxylation is 1. The molecule has 2 aromatic rings. The highest BCUT2D eigenvalue weighted by atomic mass is 16.2. The minimum absolute atomic E-state index is 0.0693. The van der Waals surface area contributed by atoms with Crippen molar-refractivity contribution in [2.45, 2.75) is 39.3 Å². The van der Waals surface area contributed by atoms with Crippen molar-refractivity contribution >= 4 is 17.9 Å². The third kappa shape index (κ3) is 3.85. The Labute approximate surface area is 154 Å². The smallest absolute Gasteiger partial charge is 0.223 e. The lowest BCUT2D eigenvalue weighted by atomic mass is 9.93. The second-order valence-electron chi connectivity index (χ2n) is 6.79. The van der Waals surface area contributed by atoms with Crippen molar-refractivity contribution in [1.82, 2.24) is 10.2 Å². The van der Waals surface area contributed by atoms with Gasteiger partial charge in [0.25, 0.3) is 0 Å². The first kappa shape index (κ1) is 17.9. The molecule has 0 radical (unpaired) electrons. The van der Waals surface area contributed by atoms with Gasteiger partial charge in [-0.1, -0.05) is 54.1 Å². The molecule has 0 bridgehead atoms. The van der Waals surface area contributed by atoms with Crippen molar-refractivity contribution in [3.8, 4) is 0 Å². The van der Waals surface area contributed by atoms with Gasteiger partial charge in [0.2, 0.25) is 11.8 Å². The maximum atomic E-state index is 12.7. The van der Waals surface area contributed by atoms with Gasteiger partial charge in [0.05, 0.1) is 18.5 Å². The van der Waals surface area contributed by atoms with E-state index in [1.807, 2.05) is 68.5 Å².